The quantitative estimate of drug-likeness (QED) is 0.686. The predicted octanol–water partition coefficient (Wildman–Crippen LogP) is 3.13. The summed E-state index contributed by atoms with van der Waals surface area (Å²) in [6.45, 7) is 8.42. The van der Waals surface area contributed by atoms with Gasteiger partial charge in [-0.1, -0.05) is 38.5 Å². The summed E-state index contributed by atoms with van der Waals surface area (Å²) in [7, 11) is 0. The Morgan fingerprint density at radius 3 is 2.62 bits per heavy atom. The van der Waals surface area contributed by atoms with E-state index in [1.807, 2.05) is 19.9 Å². The van der Waals surface area contributed by atoms with Crippen molar-refractivity contribution in [2.45, 2.75) is 58.2 Å². The van der Waals surface area contributed by atoms with E-state index in [9.17, 15) is 4.79 Å². The lowest BCUT2D eigenvalue weighted by molar-refractivity contribution is -0.120. The normalized spacial score (nSPS) is 25.6. The minimum atomic E-state index is 0.0914. The van der Waals surface area contributed by atoms with Gasteiger partial charge in [0.1, 0.15) is 0 Å². The molecule has 0 radical (unpaired) electrons. The Morgan fingerprint density at radius 1 is 1.29 bits per heavy atom. The van der Waals surface area contributed by atoms with E-state index in [0.717, 1.165) is 17.8 Å². The van der Waals surface area contributed by atoms with Gasteiger partial charge in [0.2, 0.25) is 5.91 Å². The molecule has 1 N–H and O–H groups in total. The van der Waals surface area contributed by atoms with Gasteiger partial charge in [-0.2, -0.15) is 0 Å². The lowest BCUT2D eigenvalue weighted by Gasteiger charge is -2.34. The van der Waals surface area contributed by atoms with Crippen molar-refractivity contribution in [3.8, 4) is 0 Å². The average Bonchev–Trinajstić information content (AvgIpc) is 2.41. The molecule has 1 fully saturated rings. The highest BCUT2D eigenvalue weighted by molar-refractivity contribution is 7.99. The topological polar surface area (TPSA) is 54.9 Å². The summed E-state index contributed by atoms with van der Waals surface area (Å²) in [5.41, 5.74) is 1.89. The van der Waals surface area contributed by atoms with Crippen molar-refractivity contribution in [3.05, 3.63) is 17.5 Å². The highest BCUT2D eigenvalue weighted by Gasteiger charge is 2.28. The largest absolute Gasteiger partial charge is 0.352 e. The number of thioether (sulfide) groups is 1. The minimum Gasteiger partial charge on any atom is -0.352 e. The van der Waals surface area contributed by atoms with E-state index in [1.54, 1.807) is 0 Å². The zero-order chi connectivity index (χ0) is 15.4. The number of hydrogen-bond acceptors (Lipinski definition) is 4. The number of aromatic nitrogens is 2. The molecule has 0 aromatic carbocycles. The summed E-state index contributed by atoms with van der Waals surface area (Å²) >= 11 is 1.41. The number of carbonyl (C=O) groups excluding carboxylic acids is 1. The molecule has 3 unspecified atom stereocenters. The van der Waals surface area contributed by atoms with E-state index >= 15 is 0 Å². The fourth-order valence-electron chi connectivity index (χ4n) is 2.92. The third kappa shape index (κ3) is 4.70. The molecule has 4 nitrogen and oxygen atoms in total. The van der Waals surface area contributed by atoms with Crippen LogP contribution >= 0.6 is 11.8 Å². The summed E-state index contributed by atoms with van der Waals surface area (Å²) in [5, 5.41) is 3.87. The van der Waals surface area contributed by atoms with Gasteiger partial charge in [0.15, 0.2) is 5.16 Å². The highest BCUT2D eigenvalue weighted by atomic mass is 32.2. The second-order valence-corrected chi connectivity index (χ2v) is 7.11. The van der Waals surface area contributed by atoms with Crippen molar-refractivity contribution < 1.29 is 4.79 Å². The first kappa shape index (κ1) is 16.3. The van der Waals surface area contributed by atoms with Crippen molar-refractivity contribution in [1.82, 2.24) is 15.3 Å². The lowest BCUT2D eigenvalue weighted by Crippen LogP contribution is -2.44. The molecule has 0 spiro atoms. The van der Waals surface area contributed by atoms with Gasteiger partial charge < -0.3 is 5.32 Å². The van der Waals surface area contributed by atoms with Crippen molar-refractivity contribution in [3.63, 3.8) is 0 Å². The molecule has 1 aliphatic carbocycles. The fraction of sp³-hybridized carbons (Fsp3) is 0.688. The Kier molecular flexibility index (Phi) is 5.62. The lowest BCUT2D eigenvalue weighted by atomic mass is 9.78. The SMILES string of the molecule is Cc1cc(C)nc(SCC(=O)NC2CCCC(C)C2C)n1. The molecule has 0 saturated heterocycles. The van der Waals surface area contributed by atoms with Crippen LogP contribution in [-0.4, -0.2) is 27.7 Å². The van der Waals surface area contributed by atoms with E-state index in [1.165, 1.54) is 24.6 Å². The van der Waals surface area contributed by atoms with Gasteiger partial charge in [-0.25, -0.2) is 9.97 Å². The number of nitrogens with zero attached hydrogens (tertiary/aromatic N) is 2. The van der Waals surface area contributed by atoms with Crippen LogP contribution in [0.25, 0.3) is 0 Å². The summed E-state index contributed by atoms with van der Waals surface area (Å²) in [4.78, 5) is 20.8. The van der Waals surface area contributed by atoms with Crippen LogP contribution in [-0.2, 0) is 4.79 Å². The zero-order valence-corrected chi connectivity index (χ0v) is 14.2. The van der Waals surface area contributed by atoms with Crippen LogP contribution in [0.3, 0.4) is 0 Å². The fourth-order valence-corrected chi connectivity index (χ4v) is 3.68. The van der Waals surface area contributed by atoms with Gasteiger partial charge in [-0.3, -0.25) is 4.79 Å². The van der Waals surface area contributed by atoms with Crippen molar-refractivity contribution in [1.29, 1.82) is 0 Å². The number of aryl methyl sites for hydroxylation is 2. The van der Waals surface area contributed by atoms with Crippen LogP contribution in [0, 0.1) is 25.7 Å². The molecule has 21 heavy (non-hydrogen) atoms. The summed E-state index contributed by atoms with van der Waals surface area (Å²) in [6, 6.07) is 2.26. The molecule has 1 aliphatic rings. The molecule has 1 heterocycles. The molecule has 5 heteroatoms. The Labute approximate surface area is 131 Å². The van der Waals surface area contributed by atoms with Crippen LogP contribution in [0.1, 0.15) is 44.5 Å². The predicted molar refractivity (Wildman–Crippen MR) is 86.3 cm³/mol. The first-order valence-electron chi connectivity index (χ1n) is 7.70. The summed E-state index contributed by atoms with van der Waals surface area (Å²) < 4.78 is 0. The Morgan fingerprint density at radius 2 is 1.95 bits per heavy atom. The van der Waals surface area contributed by atoms with Gasteiger partial charge >= 0.3 is 0 Å². The minimum absolute atomic E-state index is 0.0914. The Bertz CT molecular complexity index is 486. The first-order chi connectivity index (χ1) is 9.95. The van der Waals surface area contributed by atoms with E-state index in [-0.39, 0.29) is 5.91 Å². The number of carbonyl (C=O) groups is 1. The molecular formula is C16H25N3OS. The number of hydrogen-bond donors (Lipinski definition) is 1. The molecule has 1 amide bonds. The maximum atomic E-state index is 12.1. The van der Waals surface area contributed by atoms with Gasteiger partial charge in [0.05, 0.1) is 5.75 Å². The van der Waals surface area contributed by atoms with Crippen LogP contribution in [0.4, 0.5) is 0 Å². The Balaban J connectivity index is 1.84. The van der Waals surface area contributed by atoms with E-state index < -0.39 is 0 Å². The van der Waals surface area contributed by atoms with Gasteiger partial charge in [-0.05, 0) is 38.2 Å². The zero-order valence-electron chi connectivity index (χ0n) is 13.3. The average molecular weight is 307 g/mol. The number of nitrogens with one attached hydrogen (secondary N) is 1. The number of rotatable bonds is 4. The second kappa shape index (κ2) is 7.25. The van der Waals surface area contributed by atoms with E-state index in [4.69, 9.17) is 0 Å². The summed E-state index contributed by atoms with van der Waals surface area (Å²) in [5.74, 6) is 1.74. The first-order valence-corrected chi connectivity index (χ1v) is 8.68. The third-order valence-corrected chi connectivity index (χ3v) is 5.19. The van der Waals surface area contributed by atoms with Crippen LogP contribution in [0.15, 0.2) is 11.2 Å². The monoisotopic (exact) mass is 307 g/mol. The van der Waals surface area contributed by atoms with Crippen LogP contribution in [0.2, 0.25) is 0 Å². The van der Waals surface area contributed by atoms with Gasteiger partial charge in [-0.15, -0.1) is 0 Å². The molecule has 1 aromatic heterocycles. The smallest absolute Gasteiger partial charge is 0.230 e. The third-order valence-electron chi connectivity index (χ3n) is 4.35. The van der Waals surface area contributed by atoms with E-state index in [0.29, 0.717) is 28.8 Å². The molecule has 3 atom stereocenters. The number of amides is 1. The molecule has 2 rings (SSSR count). The van der Waals surface area contributed by atoms with Crippen LogP contribution < -0.4 is 5.32 Å². The maximum absolute atomic E-state index is 12.1. The second-order valence-electron chi connectivity index (χ2n) is 6.16. The van der Waals surface area contributed by atoms with Crippen LogP contribution in [0.5, 0.6) is 0 Å². The maximum Gasteiger partial charge on any atom is 0.230 e. The standard InChI is InChI=1S/C16H25N3OS/c1-10-6-5-7-14(13(10)4)19-15(20)9-21-16-17-11(2)8-12(3)18-16/h8,10,13-14H,5-7,9H2,1-4H3,(H,19,20). The molecular weight excluding hydrogens is 282 g/mol. The summed E-state index contributed by atoms with van der Waals surface area (Å²) in [6.07, 6.45) is 3.59. The van der Waals surface area contributed by atoms with Gasteiger partial charge in [0.25, 0.3) is 0 Å². The molecule has 1 saturated carbocycles. The van der Waals surface area contributed by atoms with Crippen molar-refractivity contribution in [2.24, 2.45) is 11.8 Å². The molecule has 1 aromatic rings. The molecule has 116 valence electrons. The van der Waals surface area contributed by atoms with Gasteiger partial charge in [0, 0.05) is 17.4 Å². The van der Waals surface area contributed by atoms with Crippen molar-refractivity contribution >= 4 is 17.7 Å². The Hall–Kier alpha value is -1.10. The molecule has 0 aliphatic heterocycles. The van der Waals surface area contributed by atoms with Crippen molar-refractivity contribution in [2.75, 3.05) is 5.75 Å². The van der Waals surface area contributed by atoms with E-state index in [2.05, 4.69) is 29.1 Å². The molecule has 0 bridgehead atoms. The highest BCUT2D eigenvalue weighted by Crippen LogP contribution is 2.29.